The van der Waals surface area contributed by atoms with Gasteiger partial charge in [-0.25, -0.2) is 0 Å². The molecule has 0 bridgehead atoms. The van der Waals surface area contributed by atoms with Crippen molar-refractivity contribution in [1.29, 1.82) is 0 Å². The summed E-state index contributed by atoms with van der Waals surface area (Å²) in [5.41, 5.74) is 9.83. The molecule has 1 aromatic carbocycles. The van der Waals surface area contributed by atoms with Crippen LogP contribution in [0.3, 0.4) is 0 Å². The lowest BCUT2D eigenvalue weighted by Gasteiger charge is -2.32. The van der Waals surface area contributed by atoms with E-state index in [0.717, 1.165) is 12.0 Å². The third-order valence-electron chi connectivity index (χ3n) is 5.05. The molecule has 0 aromatic heterocycles. The number of rotatable bonds is 3. The van der Waals surface area contributed by atoms with E-state index in [9.17, 15) is 0 Å². The van der Waals surface area contributed by atoms with E-state index in [2.05, 4.69) is 30.0 Å². The molecule has 2 N–H and O–H groups in total. The van der Waals surface area contributed by atoms with Gasteiger partial charge in [0.25, 0.3) is 0 Å². The Bertz CT molecular complexity index is 435. The van der Waals surface area contributed by atoms with Crippen LogP contribution in [0.1, 0.15) is 49.7 Å². The van der Waals surface area contributed by atoms with Gasteiger partial charge in [-0.1, -0.05) is 25.0 Å². The van der Waals surface area contributed by atoms with Gasteiger partial charge in [0, 0.05) is 24.8 Å². The predicted octanol–water partition coefficient (Wildman–Crippen LogP) is 3.61. The molecule has 0 amide bonds. The number of nitrogens with two attached hydrogens (primary N) is 1. The van der Waals surface area contributed by atoms with Crippen LogP contribution in [-0.2, 0) is 6.54 Å². The minimum Gasteiger partial charge on any atom is -0.368 e. The van der Waals surface area contributed by atoms with Gasteiger partial charge in [0.1, 0.15) is 0 Å². The molecule has 1 aliphatic carbocycles. The summed E-state index contributed by atoms with van der Waals surface area (Å²) in [6.45, 7) is 4.12. The van der Waals surface area contributed by atoms with E-state index in [1.807, 2.05) is 0 Å². The molecule has 1 aliphatic heterocycles. The summed E-state index contributed by atoms with van der Waals surface area (Å²) in [5, 5.41) is 0. The lowest BCUT2D eigenvalue weighted by molar-refractivity contribution is 0.430. The number of nitrogens with zero attached hydrogens (tertiary/aromatic N) is 1. The summed E-state index contributed by atoms with van der Waals surface area (Å²) in [4.78, 5) is 2.69. The predicted molar refractivity (Wildman–Crippen MR) is 81.4 cm³/mol. The summed E-state index contributed by atoms with van der Waals surface area (Å²) in [6.07, 6.45) is 8.53. The van der Waals surface area contributed by atoms with Gasteiger partial charge in [0.2, 0.25) is 0 Å². The van der Waals surface area contributed by atoms with Gasteiger partial charge in [-0.2, -0.15) is 0 Å². The molecular weight excluding hydrogens is 232 g/mol. The molecule has 1 aromatic rings. The van der Waals surface area contributed by atoms with Crippen molar-refractivity contribution in [3.05, 3.63) is 29.3 Å². The summed E-state index contributed by atoms with van der Waals surface area (Å²) in [7, 11) is 0. The van der Waals surface area contributed by atoms with Crippen LogP contribution in [0.5, 0.6) is 0 Å². The van der Waals surface area contributed by atoms with Crippen molar-refractivity contribution in [3.63, 3.8) is 0 Å². The van der Waals surface area contributed by atoms with Crippen LogP contribution in [0.25, 0.3) is 0 Å². The quantitative estimate of drug-likeness (QED) is 0.897. The second-order valence-corrected chi connectivity index (χ2v) is 6.27. The van der Waals surface area contributed by atoms with Crippen molar-refractivity contribution in [2.24, 2.45) is 11.7 Å². The van der Waals surface area contributed by atoms with E-state index >= 15 is 0 Å². The van der Waals surface area contributed by atoms with Crippen LogP contribution in [0.4, 0.5) is 5.69 Å². The van der Waals surface area contributed by atoms with E-state index in [1.54, 1.807) is 0 Å². The van der Waals surface area contributed by atoms with Crippen molar-refractivity contribution >= 4 is 5.69 Å². The Labute approximate surface area is 117 Å². The van der Waals surface area contributed by atoms with Gasteiger partial charge >= 0.3 is 0 Å². The maximum absolute atomic E-state index is 5.74. The van der Waals surface area contributed by atoms with Crippen LogP contribution in [0.2, 0.25) is 0 Å². The first-order valence-corrected chi connectivity index (χ1v) is 7.86. The van der Waals surface area contributed by atoms with Crippen LogP contribution < -0.4 is 10.6 Å². The third-order valence-corrected chi connectivity index (χ3v) is 5.05. The topological polar surface area (TPSA) is 29.3 Å². The van der Waals surface area contributed by atoms with Crippen molar-refractivity contribution in [3.8, 4) is 0 Å². The Hall–Kier alpha value is -1.02. The summed E-state index contributed by atoms with van der Waals surface area (Å²) < 4.78 is 0. The number of anilines is 1. The van der Waals surface area contributed by atoms with Crippen molar-refractivity contribution in [2.75, 3.05) is 11.4 Å². The molecule has 2 aliphatic rings. The minimum atomic E-state index is 0.646. The van der Waals surface area contributed by atoms with Gasteiger partial charge in [0.05, 0.1) is 0 Å². The number of aryl methyl sites for hydroxylation is 1. The molecule has 2 heteroatoms. The Morgan fingerprint density at radius 3 is 2.63 bits per heavy atom. The maximum Gasteiger partial charge on any atom is 0.0398 e. The number of benzene rings is 1. The zero-order valence-electron chi connectivity index (χ0n) is 12.1. The Kier molecular flexibility index (Phi) is 3.79. The van der Waals surface area contributed by atoms with Gasteiger partial charge < -0.3 is 10.6 Å². The first-order chi connectivity index (χ1) is 9.29. The van der Waals surface area contributed by atoms with Gasteiger partial charge in [-0.3, -0.25) is 0 Å². The molecule has 2 nitrogen and oxygen atoms in total. The third kappa shape index (κ3) is 2.51. The minimum absolute atomic E-state index is 0.646. The Morgan fingerprint density at radius 1 is 1.16 bits per heavy atom. The van der Waals surface area contributed by atoms with Crippen LogP contribution in [-0.4, -0.2) is 12.6 Å². The first-order valence-electron chi connectivity index (χ1n) is 7.86. The Morgan fingerprint density at radius 2 is 1.95 bits per heavy atom. The van der Waals surface area contributed by atoms with E-state index in [0.29, 0.717) is 6.54 Å². The summed E-state index contributed by atoms with van der Waals surface area (Å²) in [6, 6.07) is 7.56. The molecule has 3 rings (SSSR count). The molecular formula is C17H26N2. The lowest BCUT2D eigenvalue weighted by atomic mass is 9.95. The van der Waals surface area contributed by atoms with E-state index in [-0.39, 0.29) is 0 Å². The van der Waals surface area contributed by atoms with Crippen LogP contribution in [0, 0.1) is 12.8 Å². The molecule has 1 saturated heterocycles. The number of hydrogen-bond acceptors (Lipinski definition) is 2. The molecule has 19 heavy (non-hydrogen) atoms. The lowest BCUT2D eigenvalue weighted by Crippen LogP contribution is -2.35. The van der Waals surface area contributed by atoms with E-state index < -0.39 is 0 Å². The molecule has 1 unspecified atom stereocenters. The van der Waals surface area contributed by atoms with Crippen molar-refractivity contribution in [1.82, 2.24) is 0 Å². The fraction of sp³-hybridized carbons (Fsp3) is 0.647. The monoisotopic (exact) mass is 258 g/mol. The van der Waals surface area contributed by atoms with Crippen LogP contribution in [0.15, 0.2) is 18.2 Å². The van der Waals surface area contributed by atoms with E-state index in [1.165, 1.54) is 61.9 Å². The second-order valence-electron chi connectivity index (χ2n) is 6.27. The smallest absolute Gasteiger partial charge is 0.0398 e. The molecule has 1 saturated carbocycles. The standard InChI is InChI=1S/C17H26N2/c1-13-11-14(12-18)8-9-16(13)19-10-4-7-17(19)15-5-2-3-6-15/h8-9,11,15,17H,2-7,10,12,18H2,1H3. The summed E-state index contributed by atoms with van der Waals surface area (Å²) >= 11 is 0. The molecule has 1 atom stereocenters. The van der Waals surface area contributed by atoms with Crippen molar-refractivity contribution < 1.29 is 0 Å². The zero-order chi connectivity index (χ0) is 13.2. The van der Waals surface area contributed by atoms with Gasteiger partial charge in [0.15, 0.2) is 0 Å². The molecule has 1 heterocycles. The second kappa shape index (κ2) is 5.54. The van der Waals surface area contributed by atoms with Crippen LogP contribution >= 0.6 is 0 Å². The largest absolute Gasteiger partial charge is 0.368 e. The van der Waals surface area contributed by atoms with E-state index in [4.69, 9.17) is 5.73 Å². The maximum atomic E-state index is 5.74. The number of hydrogen-bond donors (Lipinski definition) is 1. The average molecular weight is 258 g/mol. The van der Waals surface area contributed by atoms with Gasteiger partial charge in [-0.05, 0) is 55.7 Å². The molecule has 0 spiro atoms. The fourth-order valence-corrected chi connectivity index (χ4v) is 4.09. The highest BCUT2D eigenvalue weighted by Crippen LogP contribution is 2.38. The normalized spacial score (nSPS) is 24.3. The average Bonchev–Trinajstić information content (AvgIpc) is 3.08. The van der Waals surface area contributed by atoms with Crippen molar-refractivity contribution in [2.45, 2.75) is 58.0 Å². The highest BCUT2D eigenvalue weighted by atomic mass is 15.2. The highest BCUT2D eigenvalue weighted by Gasteiger charge is 2.33. The molecule has 0 radical (unpaired) electrons. The molecule has 2 fully saturated rings. The zero-order valence-corrected chi connectivity index (χ0v) is 12.1. The Balaban J connectivity index is 1.83. The first kappa shape index (κ1) is 13.0. The highest BCUT2D eigenvalue weighted by molar-refractivity contribution is 5.56. The SMILES string of the molecule is Cc1cc(CN)ccc1N1CCCC1C1CCCC1. The summed E-state index contributed by atoms with van der Waals surface area (Å²) in [5.74, 6) is 0.941. The van der Waals surface area contributed by atoms with Gasteiger partial charge in [-0.15, -0.1) is 0 Å². The fourth-order valence-electron chi connectivity index (χ4n) is 4.09. The molecule has 104 valence electrons.